The minimum Gasteiger partial charge on any atom is -0.481 e. The van der Waals surface area contributed by atoms with E-state index >= 15 is 0 Å². The van der Waals surface area contributed by atoms with Gasteiger partial charge < -0.3 is 14.9 Å². The van der Waals surface area contributed by atoms with Crippen LogP contribution >= 0.6 is 0 Å². The van der Waals surface area contributed by atoms with Crippen LogP contribution in [0.3, 0.4) is 0 Å². The second-order valence-corrected chi connectivity index (χ2v) is 4.26. The van der Waals surface area contributed by atoms with Crippen LogP contribution in [0.1, 0.15) is 19.8 Å². The van der Waals surface area contributed by atoms with Crippen molar-refractivity contribution in [3.63, 3.8) is 0 Å². The van der Waals surface area contributed by atoms with Gasteiger partial charge in [-0.05, 0) is 13.3 Å². The molecule has 1 heterocycles. The maximum absolute atomic E-state index is 11.6. The van der Waals surface area contributed by atoms with Crippen LogP contribution in [0.25, 0.3) is 0 Å². The van der Waals surface area contributed by atoms with Crippen molar-refractivity contribution in [2.24, 2.45) is 5.92 Å². The van der Waals surface area contributed by atoms with E-state index in [9.17, 15) is 14.4 Å². The molecule has 0 spiro atoms. The number of likely N-dealkylation sites (tertiary alicyclic amines) is 1. The topological polar surface area (TPSA) is 77.9 Å². The molecule has 0 aliphatic carbocycles. The minimum absolute atomic E-state index is 0.0209. The number of carboxylic acids is 1. The highest BCUT2D eigenvalue weighted by Gasteiger charge is 2.31. The molecule has 96 valence electrons. The zero-order valence-corrected chi connectivity index (χ0v) is 10.2. The van der Waals surface area contributed by atoms with Crippen LogP contribution in [0, 0.1) is 5.92 Å². The van der Waals surface area contributed by atoms with Crippen molar-refractivity contribution in [1.82, 2.24) is 9.80 Å². The molecule has 0 aromatic rings. The lowest BCUT2D eigenvalue weighted by molar-refractivity contribution is -0.150. The van der Waals surface area contributed by atoms with Crippen molar-refractivity contribution in [2.45, 2.75) is 19.8 Å². The van der Waals surface area contributed by atoms with Crippen LogP contribution in [-0.2, 0) is 14.4 Å². The summed E-state index contributed by atoms with van der Waals surface area (Å²) in [5, 5.41) is 8.90. The number of piperidine rings is 1. The molecule has 6 nitrogen and oxygen atoms in total. The van der Waals surface area contributed by atoms with Crippen molar-refractivity contribution in [3.8, 4) is 0 Å². The van der Waals surface area contributed by atoms with E-state index in [1.165, 1.54) is 9.80 Å². The van der Waals surface area contributed by atoms with Gasteiger partial charge in [0.1, 0.15) is 0 Å². The predicted octanol–water partition coefficient (Wildman–Crippen LogP) is -0.212. The Labute approximate surface area is 100 Å². The molecule has 1 fully saturated rings. The van der Waals surface area contributed by atoms with Gasteiger partial charge in [0.05, 0.1) is 12.5 Å². The molecule has 1 rings (SSSR count). The van der Waals surface area contributed by atoms with Gasteiger partial charge >= 0.3 is 5.97 Å². The number of likely N-dealkylation sites (N-methyl/N-ethyl adjacent to an activating group) is 1. The predicted molar refractivity (Wildman–Crippen MR) is 60.3 cm³/mol. The van der Waals surface area contributed by atoms with Gasteiger partial charge in [-0.25, -0.2) is 0 Å². The largest absolute Gasteiger partial charge is 0.481 e. The Bertz CT molecular complexity index is 329. The first-order valence-corrected chi connectivity index (χ1v) is 5.70. The average Bonchev–Trinajstić information content (AvgIpc) is 2.30. The molecule has 17 heavy (non-hydrogen) atoms. The Morgan fingerprint density at radius 3 is 2.71 bits per heavy atom. The number of rotatable bonds is 4. The summed E-state index contributed by atoms with van der Waals surface area (Å²) in [4.78, 5) is 36.9. The molecule has 2 amide bonds. The first kappa shape index (κ1) is 13.5. The first-order valence-electron chi connectivity index (χ1n) is 5.70. The van der Waals surface area contributed by atoms with Gasteiger partial charge in [-0.3, -0.25) is 14.4 Å². The quantitative estimate of drug-likeness (QED) is 0.739. The Morgan fingerprint density at radius 1 is 1.53 bits per heavy atom. The number of amides is 2. The molecule has 6 heteroatoms. The van der Waals surface area contributed by atoms with Gasteiger partial charge in [-0.1, -0.05) is 0 Å². The number of hydrogen-bond acceptors (Lipinski definition) is 3. The standard InChI is InChI=1S/C11H18N2O4/c1-3-12(2)10(15)7-13-6-8(11(16)17)4-5-9(13)14/h8H,3-7H2,1-2H3,(H,16,17). The fraction of sp³-hybridized carbons (Fsp3) is 0.727. The molecule has 1 N–H and O–H groups in total. The van der Waals surface area contributed by atoms with Gasteiger partial charge in [0.15, 0.2) is 0 Å². The summed E-state index contributed by atoms with van der Waals surface area (Å²) in [7, 11) is 1.66. The number of nitrogens with zero attached hydrogens (tertiary/aromatic N) is 2. The van der Waals surface area contributed by atoms with Gasteiger partial charge in [0.2, 0.25) is 11.8 Å². The van der Waals surface area contributed by atoms with Crippen LogP contribution in [0.5, 0.6) is 0 Å². The van der Waals surface area contributed by atoms with E-state index in [-0.39, 0.29) is 31.3 Å². The zero-order valence-electron chi connectivity index (χ0n) is 10.2. The van der Waals surface area contributed by atoms with E-state index < -0.39 is 11.9 Å². The first-order chi connectivity index (χ1) is 7.95. The van der Waals surface area contributed by atoms with E-state index in [4.69, 9.17) is 5.11 Å². The third-order valence-electron chi connectivity index (χ3n) is 3.08. The molecule has 0 aromatic carbocycles. The highest BCUT2D eigenvalue weighted by Crippen LogP contribution is 2.17. The fourth-order valence-electron chi connectivity index (χ4n) is 1.73. The van der Waals surface area contributed by atoms with Crippen molar-refractivity contribution in [3.05, 3.63) is 0 Å². The minimum atomic E-state index is -0.904. The smallest absolute Gasteiger partial charge is 0.308 e. The normalized spacial score (nSPS) is 20.2. The summed E-state index contributed by atoms with van der Waals surface area (Å²) >= 11 is 0. The van der Waals surface area contributed by atoms with Gasteiger partial charge in [-0.2, -0.15) is 0 Å². The summed E-state index contributed by atoms with van der Waals surface area (Å²) in [5.74, 6) is -1.75. The third-order valence-corrected chi connectivity index (χ3v) is 3.08. The highest BCUT2D eigenvalue weighted by molar-refractivity contribution is 5.86. The molecule has 0 aromatic heterocycles. The van der Waals surface area contributed by atoms with Crippen molar-refractivity contribution >= 4 is 17.8 Å². The summed E-state index contributed by atoms with van der Waals surface area (Å²) in [6, 6.07) is 0. The Morgan fingerprint density at radius 2 is 2.18 bits per heavy atom. The van der Waals surface area contributed by atoms with E-state index in [2.05, 4.69) is 0 Å². The number of carbonyl (C=O) groups is 3. The summed E-state index contributed by atoms with van der Waals surface area (Å²) in [5.41, 5.74) is 0. The monoisotopic (exact) mass is 242 g/mol. The van der Waals surface area contributed by atoms with Gasteiger partial charge in [-0.15, -0.1) is 0 Å². The number of hydrogen-bond donors (Lipinski definition) is 1. The number of carboxylic acid groups (broad SMARTS) is 1. The van der Waals surface area contributed by atoms with Gasteiger partial charge in [0.25, 0.3) is 0 Å². The lowest BCUT2D eigenvalue weighted by Gasteiger charge is -2.31. The highest BCUT2D eigenvalue weighted by atomic mass is 16.4. The average molecular weight is 242 g/mol. The van der Waals surface area contributed by atoms with Crippen molar-refractivity contribution < 1.29 is 19.5 Å². The van der Waals surface area contributed by atoms with Crippen LogP contribution in [0.15, 0.2) is 0 Å². The Balaban J connectivity index is 2.59. The van der Waals surface area contributed by atoms with Crippen molar-refractivity contribution in [2.75, 3.05) is 26.7 Å². The molecule has 1 atom stereocenters. The molecule has 1 saturated heterocycles. The molecule has 0 radical (unpaired) electrons. The molecule has 0 bridgehead atoms. The van der Waals surface area contributed by atoms with Crippen molar-refractivity contribution in [1.29, 1.82) is 0 Å². The fourth-order valence-corrected chi connectivity index (χ4v) is 1.73. The summed E-state index contributed by atoms with van der Waals surface area (Å²) in [6.45, 7) is 2.53. The third kappa shape index (κ3) is 3.44. The lowest BCUT2D eigenvalue weighted by atomic mass is 9.98. The van der Waals surface area contributed by atoms with E-state index in [1.807, 2.05) is 6.92 Å². The molecule has 0 saturated carbocycles. The van der Waals surface area contributed by atoms with Crippen LogP contribution in [0.2, 0.25) is 0 Å². The summed E-state index contributed by atoms with van der Waals surface area (Å²) < 4.78 is 0. The molecule has 1 aliphatic rings. The van der Waals surface area contributed by atoms with E-state index in [1.54, 1.807) is 7.05 Å². The SMILES string of the molecule is CCN(C)C(=O)CN1CC(C(=O)O)CCC1=O. The maximum Gasteiger partial charge on any atom is 0.308 e. The summed E-state index contributed by atoms with van der Waals surface area (Å²) in [6.07, 6.45) is 0.572. The lowest BCUT2D eigenvalue weighted by Crippen LogP contribution is -2.47. The molecule has 1 aliphatic heterocycles. The van der Waals surface area contributed by atoms with Gasteiger partial charge in [0, 0.05) is 26.6 Å². The number of carbonyl (C=O) groups excluding carboxylic acids is 2. The van der Waals surface area contributed by atoms with Crippen LogP contribution < -0.4 is 0 Å². The molecule has 1 unspecified atom stereocenters. The maximum atomic E-state index is 11.6. The second-order valence-electron chi connectivity index (χ2n) is 4.26. The van der Waals surface area contributed by atoms with E-state index in [0.29, 0.717) is 13.0 Å². The second kappa shape index (κ2) is 5.65. The van der Waals surface area contributed by atoms with E-state index in [0.717, 1.165) is 0 Å². The number of aliphatic carboxylic acids is 1. The molecular formula is C11H18N2O4. The zero-order chi connectivity index (χ0) is 13.0. The Kier molecular flexibility index (Phi) is 4.48. The van der Waals surface area contributed by atoms with Crippen LogP contribution in [-0.4, -0.2) is 59.4 Å². The van der Waals surface area contributed by atoms with Crippen LogP contribution in [0.4, 0.5) is 0 Å². The molecular weight excluding hydrogens is 224 g/mol. The Hall–Kier alpha value is -1.59.